The molecule has 358 valence electrons. The Morgan fingerprint density at radius 3 is 2.26 bits per heavy atom. The summed E-state index contributed by atoms with van der Waals surface area (Å²) in [4.78, 5) is 116. The molecule has 1 fully saturated rings. The summed E-state index contributed by atoms with van der Waals surface area (Å²) < 4.78 is 62.3. The number of carbonyl (C=O) groups excluding carboxylic acids is 5. The number of hydrogen-bond donors (Lipinski definition) is 9. The number of nitrogens with zero attached hydrogens (tertiary/aromatic N) is 5. The van der Waals surface area contributed by atoms with Gasteiger partial charge in [0.1, 0.15) is 36.3 Å². The highest BCUT2D eigenvalue weighted by molar-refractivity contribution is 8.13. The molecule has 2 aliphatic heterocycles. The summed E-state index contributed by atoms with van der Waals surface area (Å²) in [5.41, 5.74) is 4.80. The second-order valence-electron chi connectivity index (χ2n) is 15.2. The number of anilines is 1. The lowest BCUT2D eigenvalue weighted by Gasteiger charge is -2.30. The first-order chi connectivity index (χ1) is 30.9. The molecule has 4 aromatic rings. The number of thioether (sulfide) groups is 1. The van der Waals surface area contributed by atoms with E-state index in [1.54, 1.807) is 36.4 Å². The molecule has 2 aliphatic rings. The van der Waals surface area contributed by atoms with Crippen molar-refractivity contribution in [1.82, 2.24) is 35.1 Å². The van der Waals surface area contributed by atoms with Gasteiger partial charge in [-0.3, -0.25) is 47.0 Å². The Labute approximate surface area is 376 Å². The highest BCUT2D eigenvalue weighted by atomic mass is 32.2. The van der Waals surface area contributed by atoms with Crippen LogP contribution in [0.5, 0.6) is 0 Å². The molecule has 10 N–H and O–H groups in total. The minimum Gasteiger partial charge on any atom is -0.386 e. The molecule has 0 aliphatic carbocycles. The number of imidazole rings is 1. The van der Waals surface area contributed by atoms with Crippen molar-refractivity contribution in [2.75, 3.05) is 44.3 Å². The number of rotatable bonds is 21. The Hall–Kier alpha value is -4.60. The van der Waals surface area contributed by atoms with Crippen molar-refractivity contribution in [2.45, 2.75) is 50.9 Å². The summed E-state index contributed by atoms with van der Waals surface area (Å²) in [6.45, 7) is -0.402. The fourth-order valence-electron chi connectivity index (χ4n) is 6.69. The Bertz CT molecular complexity index is 2630. The van der Waals surface area contributed by atoms with Gasteiger partial charge >= 0.3 is 23.5 Å². The minimum absolute atomic E-state index is 0.00908. The van der Waals surface area contributed by atoms with E-state index in [-0.39, 0.29) is 42.2 Å². The van der Waals surface area contributed by atoms with Gasteiger partial charge in [0.2, 0.25) is 16.9 Å². The van der Waals surface area contributed by atoms with Gasteiger partial charge in [0.25, 0.3) is 11.8 Å². The smallest absolute Gasteiger partial charge is 0.386 e. The molecule has 0 spiro atoms. The first-order valence-electron chi connectivity index (χ1n) is 19.3. The second kappa shape index (κ2) is 20.3. The zero-order valence-corrected chi connectivity index (χ0v) is 38.0. The molecule has 0 saturated carbocycles. The molecule has 27 nitrogen and oxygen atoms in total. The number of phosphoric ester groups is 3. The minimum atomic E-state index is -5.61. The normalized spacial score (nSPS) is 21.1. The standard InChI is InChI=1S/C35H43N8O19P3S/c1-35(2,28(47)31(48)38-10-9-22(44)37-11-12-66-23(45)13-42-32(49)19-7-3-5-18-6-4-8-20(24(18)19)33(42)50)15-59-65(56,57)62-64(54,55)58-14-21-27(61-63(51,52)53)26(46)34(60-21)43-17-41-25-29(36)39-16-40-30(25)43/h3-8,16-17,21,26-28,34,46-47H,9-15H2,1-2H3,(H,37,44)(H,38,48)(H,54,55)(H,56,57)(H2,36,39,40)(H2,51,52,53). The van der Waals surface area contributed by atoms with E-state index in [1.165, 1.54) is 13.8 Å². The van der Waals surface area contributed by atoms with E-state index in [1.807, 2.05) is 0 Å². The van der Waals surface area contributed by atoms with Crippen molar-refractivity contribution >= 4 is 91.7 Å². The number of benzene rings is 2. The number of aliphatic hydroxyl groups excluding tert-OH is 2. The highest BCUT2D eigenvalue weighted by Gasteiger charge is 2.50. The molecule has 31 heteroatoms. The van der Waals surface area contributed by atoms with E-state index in [2.05, 4.69) is 34.4 Å². The molecule has 4 heterocycles. The fourth-order valence-corrected chi connectivity index (χ4v) is 10.2. The van der Waals surface area contributed by atoms with Crippen LogP contribution >= 0.6 is 35.2 Å². The van der Waals surface area contributed by atoms with Gasteiger partial charge in [0.15, 0.2) is 17.7 Å². The van der Waals surface area contributed by atoms with Crippen LogP contribution in [0.15, 0.2) is 49.1 Å². The number of aliphatic hydroxyl groups is 2. The van der Waals surface area contributed by atoms with Crippen LogP contribution in [-0.2, 0) is 50.7 Å². The predicted molar refractivity (Wildman–Crippen MR) is 226 cm³/mol. The molecule has 7 atom stereocenters. The quantitative estimate of drug-likeness (QED) is 0.0304. The maximum atomic E-state index is 13.0. The van der Waals surface area contributed by atoms with E-state index in [9.17, 15) is 67.5 Å². The van der Waals surface area contributed by atoms with Crippen molar-refractivity contribution in [1.29, 1.82) is 0 Å². The molecule has 0 radical (unpaired) electrons. The molecule has 2 aromatic carbocycles. The number of imide groups is 1. The van der Waals surface area contributed by atoms with Gasteiger partial charge in [-0.2, -0.15) is 4.31 Å². The Morgan fingerprint density at radius 2 is 1.61 bits per heavy atom. The molecule has 0 bridgehead atoms. The van der Waals surface area contributed by atoms with E-state index in [0.717, 1.165) is 39.3 Å². The summed E-state index contributed by atoms with van der Waals surface area (Å²) in [6, 6.07) is 10.1. The van der Waals surface area contributed by atoms with Crippen molar-refractivity contribution in [3.63, 3.8) is 0 Å². The van der Waals surface area contributed by atoms with Gasteiger partial charge in [0.05, 0.1) is 26.1 Å². The van der Waals surface area contributed by atoms with Gasteiger partial charge in [-0.25, -0.2) is 28.6 Å². The lowest BCUT2D eigenvalue weighted by Crippen LogP contribution is -2.46. The third-order valence-corrected chi connectivity index (χ3v) is 13.9. The van der Waals surface area contributed by atoms with Crippen LogP contribution in [0, 0.1) is 5.41 Å². The van der Waals surface area contributed by atoms with E-state index < -0.39 is 108 Å². The summed E-state index contributed by atoms with van der Waals surface area (Å²) in [5, 5.41) is 27.2. The van der Waals surface area contributed by atoms with Crippen molar-refractivity contribution in [2.24, 2.45) is 5.41 Å². The SMILES string of the molecule is CC(C)(COP(=O)(O)OP(=O)(O)OCC1OC(n2cnc3c(N)ncnc32)C(O)C1OP(=O)(O)O)C(O)C(=O)NCCC(=O)NCCSC(=O)CN1C(=O)c2cccc3cccc(c23)C1=O. The summed E-state index contributed by atoms with van der Waals surface area (Å²) >= 11 is 0.796. The first-order valence-corrected chi connectivity index (χ1v) is 24.8. The monoisotopic (exact) mass is 1000 g/mol. The Morgan fingerprint density at radius 1 is 0.955 bits per heavy atom. The number of nitrogen functional groups attached to an aromatic ring is 1. The first kappa shape index (κ1) is 50.8. The Balaban J connectivity index is 0.904. The van der Waals surface area contributed by atoms with Crippen molar-refractivity contribution < 1.29 is 90.1 Å². The maximum absolute atomic E-state index is 13.0. The van der Waals surface area contributed by atoms with Crippen LogP contribution in [0.4, 0.5) is 5.82 Å². The summed E-state index contributed by atoms with van der Waals surface area (Å²) in [7, 11) is -16.5. The number of aromatic nitrogens is 4. The molecular weight excluding hydrogens is 961 g/mol. The van der Waals surface area contributed by atoms with Crippen LogP contribution < -0.4 is 16.4 Å². The number of nitrogens with two attached hydrogens (primary N) is 1. The lowest BCUT2D eigenvalue weighted by atomic mass is 9.87. The third kappa shape index (κ3) is 12.1. The van der Waals surface area contributed by atoms with Crippen LogP contribution in [-0.4, -0.2) is 146 Å². The number of ether oxygens (including phenoxy) is 1. The van der Waals surface area contributed by atoms with Gasteiger partial charge in [-0.05, 0) is 17.5 Å². The fraction of sp³-hybridized carbons (Fsp3) is 0.429. The van der Waals surface area contributed by atoms with Gasteiger partial charge < -0.3 is 50.9 Å². The topological polar surface area (TPSA) is 401 Å². The van der Waals surface area contributed by atoms with Crippen LogP contribution in [0.3, 0.4) is 0 Å². The second-order valence-corrected chi connectivity index (χ2v) is 20.6. The number of fused-ring (bicyclic) bond motifs is 1. The molecule has 2 aromatic heterocycles. The molecule has 7 unspecified atom stereocenters. The van der Waals surface area contributed by atoms with Crippen molar-refractivity contribution in [3.05, 3.63) is 60.2 Å². The maximum Gasteiger partial charge on any atom is 0.481 e. The Kier molecular flexibility index (Phi) is 15.6. The number of nitrogens with one attached hydrogen (secondary N) is 2. The van der Waals surface area contributed by atoms with Crippen LogP contribution in [0.25, 0.3) is 21.9 Å². The average molecular weight is 1000 g/mol. The van der Waals surface area contributed by atoms with Gasteiger partial charge in [0, 0.05) is 47.2 Å². The van der Waals surface area contributed by atoms with E-state index in [4.69, 9.17) is 19.5 Å². The number of phosphoric acid groups is 3. The number of hydrogen-bond acceptors (Lipinski definition) is 20. The van der Waals surface area contributed by atoms with Crippen LogP contribution in [0.2, 0.25) is 0 Å². The largest absolute Gasteiger partial charge is 0.481 e. The van der Waals surface area contributed by atoms with Crippen molar-refractivity contribution in [3.8, 4) is 0 Å². The van der Waals surface area contributed by atoms with Crippen LogP contribution in [0.1, 0.15) is 47.2 Å². The zero-order chi connectivity index (χ0) is 48.4. The van der Waals surface area contributed by atoms with E-state index >= 15 is 0 Å². The zero-order valence-electron chi connectivity index (χ0n) is 34.5. The number of carbonyl (C=O) groups is 5. The highest BCUT2D eigenvalue weighted by Crippen LogP contribution is 2.61. The number of amides is 4. The molecular formula is C35H43N8O19P3S. The van der Waals surface area contributed by atoms with E-state index in [0.29, 0.717) is 16.5 Å². The average Bonchev–Trinajstić information content (AvgIpc) is 3.81. The predicted octanol–water partition coefficient (Wildman–Crippen LogP) is 0.114. The van der Waals surface area contributed by atoms with Gasteiger partial charge in [-0.1, -0.05) is 49.9 Å². The molecule has 6 rings (SSSR count). The summed E-state index contributed by atoms with van der Waals surface area (Å²) in [6.07, 6.45) is -7.19. The third-order valence-electron chi connectivity index (χ3n) is 9.91. The summed E-state index contributed by atoms with van der Waals surface area (Å²) in [5.74, 6) is -2.73. The van der Waals surface area contributed by atoms with Gasteiger partial charge in [-0.15, -0.1) is 0 Å². The molecule has 1 saturated heterocycles. The molecule has 66 heavy (non-hydrogen) atoms. The lowest BCUT2D eigenvalue weighted by molar-refractivity contribution is -0.137. The molecule has 4 amide bonds.